The van der Waals surface area contributed by atoms with Gasteiger partial charge in [-0.15, -0.1) is 11.3 Å². The van der Waals surface area contributed by atoms with E-state index in [4.69, 9.17) is 11.6 Å². The second-order valence-electron chi connectivity index (χ2n) is 6.09. The fourth-order valence-electron chi connectivity index (χ4n) is 2.77. The van der Waals surface area contributed by atoms with Crippen molar-refractivity contribution in [1.82, 2.24) is 15.2 Å². The van der Waals surface area contributed by atoms with Crippen molar-refractivity contribution >= 4 is 28.6 Å². The molecule has 1 saturated heterocycles. The van der Waals surface area contributed by atoms with Gasteiger partial charge in [0.1, 0.15) is 0 Å². The molecule has 3 rings (SSSR count). The van der Waals surface area contributed by atoms with Crippen LogP contribution in [0.2, 0.25) is 4.47 Å². The van der Waals surface area contributed by atoms with Gasteiger partial charge in [0.05, 0.1) is 6.54 Å². The van der Waals surface area contributed by atoms with Crippen LogP contribution >= 0.6 is 22.9 Å². The van der Waals surface area contributed by atoms with Crippen LogP contribution in [0.1, 0.15) is 23.3 Å². The van der Waals surface area contributed by atoms with Crippen LogP contribution in [0.3, 0.4) is 0 Å². The van der Waals surface area contributed by atoms with E-state index in [1.165, 1.54) is 42.8 Å². The van der Waals surface area contributed by atoms with Crippen LogP contribution in [0.15, 0.2) is 30.5 Å². The van der Waals surface area contributed by atoms with E-state index in [9.17, 15) is 0 Å². The zero-order valence-corrected chi connectivity index (χ0v) is 15.0. The Morgan fingerprint density at radius 2 is 1.96 bits per heavy atom. The third kappa shape index (κ3) is 5.18. The second-order valence-corrected chi connectivity index (χ2v) is 7.79. The first-order valence-electron chi connectivity index (χ1n) is 8.04. The van der Waals surface area contributed by atoms with E-state index in [0.717, 1.165) is 23.7 Å². The molecule has 0 spiro atoms. The first-order valence-corrected chi connectivity index (χ1v) is 9.23. The second kappa shape index (κ2) is 8.11. The quantitative estimate of drug-likeness (QED) is 0.835. The zero-order valence-electron chi connectivity index (χ0n) is 13.4. The van der Waals surface area contributed by atoms with Crippen molar-refractivity contribution in [3.8, 4) is 0 Å². The summed E-state index contributed by atoms with van der Waals surface area (Å²) in [6.07, 6.45) is 4.31. The highest BCUT2D eigenvalue weighted by atomic mass is 35.5. The van der Waals surface area contributed by atoms with Gasteiger partial charge < -0.3 is 15.5 Å². The third-order valence-electron chi connectivity index (χ3n) is 4.26. The van der Waals surface area contributed by atoms with Crippen LogP contribution in [0.4, 0.5) is 5.69 Å². The molecule has 1 aromatic carbocycles. The molecular weight excluding hydrogens is 328 g/mol. The highest BCUT2D eigenvalue weighted by molar-refractivity contribution is 7.15. The SMILES string of the molecule is CN1CCC(NCc2ccc(NCc3cnc(Cl)s3)cc2)CC1. The molecule has 0 atom stereocenters. The van der Waals surface area contributed by atoms with Crippen LogP contribution in [-0.2, 0) is 13.1 Å². The molecule has 0 amide bonds. The molecule has 23 heavy (non-hydrogen) atoms. The maximum Gasteiger partial charge on any atom is 0.183 e. The molecule has 6 heteroatoms. The van der Waals surface area contributed by atoms with Crippen LogP contribution < -0.4 is 10.6 Å². The average Bonchev–Trinajstić information content (AvgIpc) is 2.99. The van der Waals surface area contributed by atoms with Gasteiger partial charge in [-0.2, -0.15) is 0 Å². The minimum absolute atomic E-state index is 0.595. The van der Waals surface area contributed by atoms with Crippen LogP contribution in [-0.4, -0.2) is 36.1 Å². The molecule has 1 aromatic heterocycles. The average molecular weight is 351 g/mol. The standard InChI is InChI=1S/C17H23ClN4S/c1-22-8-6-15(7-9-22)19-10-13-2-4-14(5-3-13)20-11-16-12-21-17(18)23-16/h2-5,12,15,19-20H,6-11H2,1H3. The summed E-state index contributed by atoms with van der Waals surface area (Å²) < 4.78 is 0.595. The maximum absolute atomic E-state index is 5.84. The van der Waals surface area contributed by atoms with Gasteiger partial charge in [0.25, 0.3) is 0 Å². The number of rotatable bonds is 6. The van der Waals surface area contributed by atoms with E-state index in [1.54, 1.807) is 0 Å². The molecule has 1 fully saturated rings. The Hall–Kier alpha value is -1.14. The predicted octanol–water partition coefficient (Wildman–Crippen LogP) is 3.59. The maximum atomic E-state index is 5.84. The van der Waals surface area contributed by atoms with Gasteiger partial charge in [0.15, 0.2) is 4.47 Å². The number of likely N-dealkylation sites (tertiary alicyclic amines) is 1. The Bertz CT molecular complexity index is 605. The molecular formula is C17H23ClN4S. The number of thiazole rings is 1. The van der Waals surface area contributed by atoms with Crippen LogP contribution in [0, 0.1) is 0 Å². The van der Waals surface area contributed by atoms with Gasteiger partial charge >= 0.3 is 0 Å². The van der Waals surface area contributed by atoms with Crippen molar-refractivity contribution in [2.75, 3.05) is 25.5 Å². The molecule has 2 N–H and O–H groups in total. The van der Waals surface area contributed by atoms with E-state index < -0.39 is 0 Å². The Morgan fingerprint density at radius 1 is 1.22 bits per heavy atom. The Balaban J connectivity index is 1.43. The fraction of sp³-hybridized carbons (Fsp3) is 0.471. The molecule has 124 valence electrons. The monoisotopic (exact) mass is 350 g/mol. The highest BCUT2D eigenvalue weighted by Crippen LogP contribution is 2.19. The number of nitrogens with one attached hydrogen (secondary N) is 2. The van der Waals surface area contributed by atoms with Crippen molar-refractivity contribution in [2.45, 2.75) is 32.0 Å². The van der Waals surface area contributed by atoms with Crippen LogP contribution in [0.5, 0.6) is 0 Å². The third-order valence-corrected chi connectivity index (χ3v) is 5.37. The molecule has 2 aromatic rings. The Labute approximate surface area is 146 Å². The van der Waals surface area contributed by atoms with E-state index >= 15 is 0 Å². The van der Waals surface area contributed by atoms with E-state index in [0.29, 0.717) is 10.5 Å². The van der Waals surface area contributed by atoms with Gasteiger partial charge in [-0.3, -0.25) is 0 Å². The molecule has 0 radical (unpaired) electrons. The number of nitrogens with zero attached hydrogens (tertiary/aromatic N) is 2. The van der Waals surface area contributed by atoms with E-state index in [-0.39, 0.29) is 0 Å². The Morgan fingerprint density at radius 3 is 2.61 bits per heavy atom. The van der Waals surface area contributed by atoms with Crippen LogP contribution in [0.25, 0.3) is 0 Å². The summed E-state index contributed by atoms with van der Waals surface area (Å²) in [6.45, 7) is 4.10. The van der Waals surface area contributed by atoms with Crippen molar-refractivity contribution in [2.24, 2.45) is 0 Å². The summed E-state index contributed by atoms with van der Waals surface area (Å²) in [5, 5.41) is 7.07. The molecule has 2 heterocycles. The topological polar surface area (TPSA) is 40.2 Å². The summed E-state index contributed by atoms with van der Waals surface area (Å²) in [5.74, 6) is 0. The first kappa shape index (κ1) is 16.7. The minimum atomic E-state index is 0.595. The Kier molecular flexibility index (Phi) is 5.89. The van der Waals surface area contributed by atoms with Crippen molar-refractivity contribution in [3.05, 3.63) is 45.4 Å². The summed E-state index contributed by atoms with van der Waals surface area (Å²) in [7, 11) is 2.20. The van der Waals surface area contributed by atoms with Gasteiger partial charge in [-0.25, -0.2) is 4.98 Å². The molecule has 0 saturated carbocycles. The van der Waals surface area contributed by atoms with Crippen molar-refractivity contribution < 1.29 is 0 Å². The lowest BCUT2D eigenvalue weighted by atomic mass is 10.1. The normalized spacial score (nSPS) is 16.6. The zero-order chi connectivity index (χ0) is 16.1. The number of halogens is 1. The number of anilines is 1. The molecule has 4 nitrogen and oxygen atoms in total. The molecule has 1 aliphatic rings. The number of hydrogen-bond acceptors (Lipinski definition) is 5. The van der Waals surface area contributed by atoms with Crippen molar-refractivity contribution in [3.63, 3.8) is 0 Å². The van der Waals surface area contributed by atoms with E-state index in [2.05, 4.69) is 51.8 Å². The van der Waals surface area contributed by atoms with E-state index in [1.807, 2.05) is 6.20 Å². The van der Waals surface area contributed by atoms with Gasteiger partial charge in [-0.05, 0) is 50.7 Å². The summed E-state index contributed by atoms with van der Waals surface area (Å²) in [5.41, 5.74) is 2.45. The van der Waals surface area contributed by atoms with Gasteiger partial charge in [0, 0.05) is 29.3 Å². The summed E-state index contributed by atoms with van der Waals surface area (Å²) >= 11 is 7.35. The predicted molar refractivity (Wildman–Crippen MR) is 98.3 cm³/mol. The molecule has 1 aliphatic heterocycles. The summed E-state index contributed by atoms with van der Waals surface area (Å²) in [6, 6.07) is 9.29. The molecule has 0 bridgehead atoms. The lowest BCUT2D eigenvalue weighted by Crippen LogP contribution is -2.40. The van der Waals surface area contributed by atoms with Crippen molar-refractivity contribution in [1.29, 1.82) is 0 Å². The molecule has 0 unspecified atom stereocenters. The van der Waals surface area contributed by atoms with Gasteiger partial charge in [-0.1, -0.05) is 23.7 Å². The fourth-order valence-corrected chi connectivity index (χ4v) is 3.69. The number of aromatic nitrogens is 1. The largest absolute Gasteiger partial charge is 0.380 e. The molecule has 0 aliphatic carbocycles. The minimum Gasteiger partial charge on any atom is -0.380 e. The number of hydrogen-bond donors (Lipinski definition) is 2. The van der Waals surface area contributed by atoms with Gasteiger partial charge in [0.2, 0.25) is 0 Å². The highest BCUT2D eigenvalue weighted by Gasteiger charge is 2.15. The number of benzene rings is 1. The smallest absolute Gasteiger partial charge is 0.183 e. The lowest BCUT2D eigenvalue weighted by molar-refractivity contribution is 0.234. The summed E-state index contributed by atoms with van der Waals surface area (Å²) in [4.78, 5) is 7.59. The first-order chi connectivity index (χ1) is 11.2. The lowest BCUT2D eigenvalue weighted by Gasteiger charge is -2.29. The number of piperidine rings is 1.